The van der Waals surface area contributed by atoms with E-state index in [9.17, 15) is 9.59 Å². The highest BCUT2D eigenvalue weighted by atomic mass is 16.4. The Kier molecular flexibility index (Phi) is 2.44. The summed E-state index contributed by atoms with van der Waals surface area (Å²) in [6.07, 6.45) is 3.09. The fraction of sp³-hybridized carbons (Fsp3) is 0.182. The van der Waals surface area contributed by atoms with Gasteiger partial charge in [-0.2, -0.15) is 0 Å². The van der Waals surface area contributed by atoms with Crippen LogP contribution in [0.5, 0.6) is 0 Å². The Morgan fingerprint density at radius 2 is 2.31 bits per heavy atom. The molecule has 0 aliphatic carbocycles. The van der Waals surface area contributed by atoms with Gasteiger partial charge in [0.2, 0.25) is 5.91 Å². The average molecular weight is 218 g/mol. The van der Waals surface area contributed by atoms with Crippen molar-refractivity contribution < 1.29 is 14.7 Å². The molecular formula is C11H10N2O3. The van der Waals surface area contributed by atoms with E-state index in [2.05, 4.69) is 4.98 Å². The molecule has 0 fully saturated rings. The normalized spacial score (nSPS) is 15.8. The largest absolute Gasteiger partial charge is 0.478 e. The first-order chi connectivity index (χ1) is 7.61. The molecule has 1 amide bonds. The van der Waals surface area contributed by atoms with E-state index in [1.807, 2.05) is 0 Å². The summed E-state index contributed by atoms with van der Waals surface area (Å²) in [5, 5.41) is 9.02. The molecule has 0 aromatic carbocycles. The summed E-state index contributed by atoms with van der Waals surface area (Å²) in [5.41, 5.74) is 1.21. The van der Waals surface area contributed by atoms with E-state index in [0.717, 1.165) is 0 Å². The van der Waals surface area contributed by atoms with Crippen LogP contribution in [0.3, 0.4) is 0 Å². The fourth-order valence-electron chi connectivity index (χ4n) is 1.73. The number of carbonyl (C=O) groups excluding carboxylic acids is 1. The topological polar surface area (TPSA) is 70.5 Å². The van der Waals surface area contributed by atoms with E-state index in [0.29, 0.717) is 11.3 Å². The second kappa shape index (κ2) is 3.77. The maximum absolute atomic E-state index is 11.5. The molecule has 5 nitrogen and oxygen atoms in total. The second-order valence-corrected chi connectivity index (χ2v) is 3.50. The standard InChI is InChI=1S/C11H10N2O3/c1-13-9(14)5-8(11(15)16)10(13)7-3-2-4-12-6-7/h2-4,6H,5H2,1H3,(H,15,16). The lowest BCUT2D eigenvalue weighted by molar-refractivity contribution is -0.133. The Morgan fingerprint density at radius 3 is 2.88 bits per heavy atom. The van der Waals surface area contributed by atoms with Crippen molar-refractivity contribution in [3.63, 3.8) is 0 Å². The van der Waals surface area contributed by atoms with E-state index in [1.165, 1.54) is 4.90 Å². The third-order valence-corrected chi connectivity index (χ3v) is 2.52. The van der Waals surface area contributed by atoms with Gasteiger partial charge >= 0.3 is 5.97 Å². The maximum atomic E-state index is 11.5. The van der Waals surface area contributed by atoms with Gasteiger partial charge in [-0.1, -0.05) is 0 Å². The summed E-state index contributed by atoms with van der Waals surface area (Å²) < 4.78 is 0. The monoisotopic (exact) mass is 218 g/mol. The van der Waals surface area contributed by atoms with Crippen molar-refractivity contribution in [1.29, 1.82) is 0 Å². The van der Waals surface area contributed by atoms with Crippen LogP contribution < -0.4 is 0 Å². The van der Waals surface area contributed by atoms with E-state index in [4.69, 9.17) is 5.11 Å². The lowest BCUT2D eigenvalue weighted by Gasteiger charge is -2.14. The van der Waals surface area contributed by atoms with E-state index < -0.39 is 5.97 Å². The molecule has 0 radical (unpaired) electrons. The molecule has 0 atom stereocenters. The summed E-state index contributed by atoms with van der Waals surface area (Å²) in [6.45, 7) is 0. The molecule has 1 aromatic rings. The molecule has 82 valence electrons. The highest BCUT2D eigenvalue weighted by Crippen LogP contribution is 2.30. The lowest BCUT2D eigenvalue weighted by atomic mass is 10.1. The van der Waals surface area contributed by atoms with Crippen molar-refractivity contribution >= 4 is 17.6 Å². The van der Waals surface area contributed by atoms with Crippen LogP contribution in [-0.2, 0) is 9.59 Å². The minimum atomic E-state index is -1.06. The zero-order valence-electron chi connectivity index (χ0n) is 8.67. The van der Waals surface area contributed by atoms with Gasteiger partial charge in [-0.25, -0.2) is 4.79 Å². The number of hydrogen-bond donors (Lipinski definition) is 1. The van der Waals surface area contributed by atoms with Crippen LogP contribution in [0.2, 0.25) is 0 Å². The van der Waals surface area contributed by atoms with Crippen LogP contribution in [0.1, 0.15) is 12.0 Å². The van der Waals surface area contributed by atoms with Crippen LogP contribution in [0.25, 0.3) is 5.70 Å². The van der Waals surface area contributed by atoms with E-state index in [-0.39, 0.29) is 17.9 Å². The number of nitrogens with zero attached hydrogens (tertiary/aromatic N) is 2. The van der Waals surface area contributed by atoms with Crippen LogP contribution in [0.4, 0.5) is 0 Å². The smallest absolute Gasteiger partial charge is 0.334 e. The minimum Gasteiger partial charge on any atom is -0.478 e. The number of carbonyl (C=O) groups is 2. The maximum Gasteiger partial charge on any atom is 0.334 e. The lowest BCUT2D eigenvalue weighted by Crippen LogP contribution is -2.18. The molecule has 0 saturated carbocycles. The van der Waals surface area contributed by atoms with Gasteiger partial charge in [0.25, 0.3) is 0 Å². The van der Waals surface area contributed by atoms with Gasteiger partial charge in [0.05, 0.1) is 17.7 Å². The molecule has 16 heavy (non-hydrogen) atoms. The summed E-state index contributed by atoms with van der Waals surface area (Å²) in [5.74, 6) is -1.27. The molecule has 1 aliphatic rings. The van der Waals surface area contributed by atoms with Crippen LogP contribution in [0, 0.1) is 0 Å². The third-order valence-electron chi connectivity index (χ3n) is 2.52. The quantitative estimate of drug-likeness (QED) is 0.794. The summed E-state index contributed by atoms with van der Waals surface area (Å²) in [7, 11) is 1.57. The van der Waals surface area contributed by atoms with E-state index in [1.54, 1.807) is 31.6 Å². The Balaban J connectivity index is 2.54. The number of aromatic nitrogens is 1. The van der Waals surface area contributed by atoms with Crippen molar-refractivity contribution in [2.75, 3.05) is 7.05 Å². The zero-order chi connectivity index (χ0) is 11.7. The molecular weight excluding hydrogens is 208 g/mol. The van der Waals surface area contributed by atoms with Gasteiger partial charge in [0.15, 0.2) is 0 Å². The summed E-state index contributed by atoms with van der Waals surface area (Å²) >= 11 is 0. The van der Waals surface area contributed by atoms with Gasteiger partial charge in [0, 0.05) is 25.0 Å². The van der Waals surface area contributed by atoms with Gasteiger partial charge in [-0.05, 0) is 12.1 Å². The van der Waals surface area contributed by atoms with E-state index >= 15 is 0 Å². The minimum absolute atomic E-state index is 0.0595. The number of amides is 1. The first kappa shape index (κ1) is 10.4. The molecule has 0 spiro atoms. The van der Waals surface area contributed by atoms with Crippen molar-refractivity contribution in [3.05, 3.63) is 35.7 Å². The SMILES string of the molecule is CN1C(=O)CC(C(=O)O)=C1c1cccnc1. The average Bonchev–Trinajstić information content (AvgIpc) is 2.57. The molecule has 2 rings (SSSR count). The van der Waals surface area contributed by atoms with Gasteiger partial charge in [-0.3, -0.25) is 9.78 Å². The fourth-order valence-corrected chi connectivity index (χ4v) is 1.73. The molecule has 0 unspecified atom stereocenters. The van der Waals surface area contributed by atoms with Gasteiger partial charge < -0.3 is 10.0 Å². The molecule has 0 saturated heterocycles. The first-order valence-corrected chi connectivity index (χ1v) is 4.74. The third kappa shape index (κ3) is 1.56. The molecule has 1 aromatic heterocycles. The van der Waals surface area contributed by atoms with Crippen molar-refractivity contribution in [3.8, 4) is 0 Å². The summed E-state index contributed by atoms with van der Waals surface area (Å²) in [6, 6.07) is 3.44. The Hall–Kier alpha value is -2.17. The molecule has 2 heterocycles. The number of rotatable bonds is 2. The number of aliphatic carboxylic acids is 1. The first-order valence-electron chi connectivity index (χ1n) is 4.74. The van der Waals surface area contributed by atoms with Crippen LogP contribution in [-0.4, -0.2) is 33.9 Å². The van der Waals surface area contributed by atoms with Crippen molar-refractivity contribution in [1.82, 2.24) is 9.88 Å². The highest BCUT2D eigenvalue weighted by Gasteiger charge is 2.31. The van der Waals surface area contributed by atoms with Crippen LogP contribution >= 0.6 is 0 Å². The summed E-state index contributed by atoms with van der Waals surface area (Å²) in [4.78, 5) is 27.8. The number of hydrogen-bond acceptors (Lipinski definition) is 3. The van der Waals surface area contributed by atoms with Gasteiger partial charge in [-0.15, -0.1) is 0 Å². The van der Waals surface area contributed by atoms with Crippen molar-refractivity contribution in [2.24, 2.45) is 0 Å². The number of carboxylic acid groups (broad SMARTS) is 1. The molecule has 5 heteroatoms. The van der Waals surface area contributed by atoms with Crippen molar-refractivity contribution in [2.45, 2.75) is 6.42 Å². The Bertz CT molecular complexity index is 479. The Morgan fingerprint density at radius 1 is 1.56 bits per heavy atom. The molecule has 1 N–H and O–H groups in total. The van der Waals surface area contributed by atoms with Gasteiger partial charge in [0.1, 0.15) is 0 Å². The predicted molar refractivity (Wildman–Crippen MR) is 56.2 cm³/mol. The number of pyridine rings is 1. The highest BCUT2D eigenvalue weighted by molar-refractivity contribution is 6.08. The number of carboxylic acids is 1. The second-order valence-electron chi connectivity index (χ2n) is 3.50. The zero-order valence-corrected chi connectivity index (χ0v) is 8.67. The predicted octanol–water partition coefficient (Wildman–Crippen LogP) is 0.739. The molecule has 0 bridgehead atoms. The van der Waals surface area contributed by atoms with Crippen LogP contribution in [0.15, 0.2) is 30.1 Å². The molecule has 1 aliphatic heterocycles. The Labute approximate surface area is 92.0 Å².